The Labute approximate surface area is 173 Å². The van der Waals surface area contributed by atoms with E-state index in [1.807, 2.05) is 12.3 Å². The molecule has 3 aromatic rings. The number of carbonyl (C=O) groups is 1. The number of hydrogen-bond donors (Lipinski definition) is 2. The lowest BCUT2D eigenvalue weighted by Gasteiger charge is -2.34. The van der Waals surface area contributed by atoms with Crippen molar-refractivity contribution >= 4 is 16.9 Å². The molecule has 0 spiro atoms. The van der Waals surface area contributed by atoms with Crippen molar-refractivity contribution in [3.8, 4) is 5.75 Å². The van der Waals surface area contributed by atoms with Crippen LogP contribution in [0.1, 0.15) is 53.8 Å². The maximum absolute atomic E-state index is 12.2. The van der Waals surface area contributed by atoms with Crippen molar-refractivity contribution in [3.63, 3.8) is 0 Å². The Morgan fingerprint density at radius 1 is 1.27 bits per heavy atom. The van der Waals surface area contributed by atoms with E-state index in [1.54, 1.807) is 4.68 Å². The van der Waals surface area contributed by atoms with Crippen molar-refractivity contribution in [1.29, 1.82) is 0 Å². The van der Waals surface area contributed by atoms with Gasteiger partial charge in [0.15, 0.2) is 11.4 Å². The molecule has 2 aliphatic carbocycles. The van der Waals surface area contributed by atoms with Crippen LogP contribution in [0.2, 0.25) is 0 Å². The summed E-state index contributed by atoms with van der Waals surface area (Å²) in [5.41, 5.74) is 2.46. The Bertz CT molecular complexity index is 1200. The van der Waals surface area contributed by atoms with Gasteiger partial charge in [-0.15, -0.1) is 0 Å². The van der Waals surface area contributed by atoms with Gasteiger partial charge in [0, 0.05) is 24.3 Å². The fourth-order valence-corrected chi connectivity index (χ4v) is 5.37. The van der Waals surface area contributed by atoms with Crippen LogP contribution >= 0.6 is 0 Å². The molecule has 0 aromatic carbocycles. The molecule has 5 rings (SSSR count). The van der Waals surface area contributed by atoms with Crippen molar-refractivity contribution in [3.05, 3.63) is 51.7 Å². The summed E-state index contributed by atoms with van der Waals surface area (Å²) in [5.74, 6) is -1.06. The van der Waals surface area contributed by atoms with Gasteiger partial charge < -0.3 is 15.0 Å². The van der Waals surface area contributed by atoms with Gasteiger partial charge in [-0.05, 0) is 49.8 Å². The smallest absolute Gasteiger partial charge is 0.275 e. The van der Waals surface area contributed by atoms with Crippen LogP contribution < -0.4 is 10.7 Å². The summed E-state index contributed by atoms with van der Waals surface area (Å²) in [4.78, 5) is 29.0. The predicted molar refractivity (Wildman–Crippen MR) is 112 cm³/mol. The second-order valence-corrected chi connectivity index (χ2v) is 8.39. The molecule has 0 atom stereocenters. The standard InChI is InChI=1S/C22H25N5O3/c1-23-21(30)18-19(29)17(28)12-26(25-18)13-22(9-2-3-10-22)27-16-8-4-6-14(16)15-7-5-11-24-20(15)27/h5,7,11-12,28H,2-4,6,8-10,13H2,1H3,(H,23,30). The second-order valence-electron chi connectivity index (χ2n) is 8.39. The number of hydrogen-bond acceptors (Lipinski definition) is 5. The first-order valence-electron chi connectivity index (χ1n) is 10.5. The van der Waals surface area contributed by atoms with E-state index in [2.05, 4.69) is 21.0 Å². The largest absolute Gasteiger partial charge is 0.503 e. The van der Waals surface area contributed by atoms with Crippen molar-refractivity contribution in [2.24, 2.45) is 0 Å². The lowest BCUT2D eigenvalue weighted by atomic mass is 9.96. The van der Waals surface area contributed by atoms with Gasteiger partial charge in [0.1, 0.15) is 5.65 Å². The van der Waals surface area contributed by atoms with Crippen LogP contribution in [0, 0.1) is 0 Å². The summed E-state index contributed by atoms with van der Waals surface area (Å²) in [5, 5.41) is 18.1. The molecule has 30 heavy (non-hydrogen) atoms. The summed E-state index contributed by atoms with van der Waals surface area (Å²) in [7, 11) is 1.44. The van der Waals surface area contributed by atoms with E-state index in [0.717, 1.165) is 50.6 Å². The second kappa shape index (κ2) is 6.97. The van der Waals surface area contributed by atoms with E-state index < -0.39 is 17.1 Å². The third kappa shape index (κ3) is 2.74. The SMILES string of the molecule is CNC(=O)c1nn(CC2(n3c4c(c5cccnc53)CCC4)CCCC2)cc(O)c1=O. The topological polar surface area (TPSA) is 102 Å². The number of pyridine rings is 1. The number of aryl methyl sites for hydroxylation is 1. The van der Waals surface area contributed by atoms with Crippen molar-refractivity contribution in [1.82, 2.24) is 24.6 Å². The summed E-state index contributed by atoms with van der Waals surface area (Å²) in [6.07, 6.45) is 10.5. The van der Waals surface area contributed by atoms with E-state index in [0.29, 0.717) is 6.54 Å². The lowest BCUT2D eigenvalue weighted by Crippen LogP contribution is -2.38. The molecule has 3 aromatic heterocycles. The van der Waals surface area contributed by atoms with E-state index in [4.69, 9.17) is 4.98 Å². The minimum Gasteiger partial charge on any atom is -0.503 e. The van der Waals surface area contributed by atoms with Gasteiger partial charge >= 0.3 is 0 Å². The number of aromatic nitrogens is 4. The number of rotatable bonds is 4. The molecule has 156 valence electrons. The Balaban J connectivity index is 1.67. The third-order valence-corrected chi connectivity index (χ3v) is 6.64. The Morgan fingerprint density at radius 3 is 2.83 bits per heavy atom. The highest BCUT2D eigenvalue weighted by atomic mass is 16.3. The molecule has 8 heteroatoms. The predicted octanol–water partition coefficient (Wildman–Crippen LogP) is 2.12. The molecule has 3 heterocycles. The van der Waals surface area contributed by atoms with Crippen LogP contribution in [0.15, 0.2) is 29.3 Å². The molecule has 1 amide bonds. The number of aromatic hydroxyl groups is 1. The number of fused-ring (bicyclic) bond motifs is 3. The van der Waals surface area contributed by atoms with Gasteiger partial charge in [-0.3, -0.25) is 14.3 Å². The number of carbonyl (C=O) groups excluding carboxylic acids is 1. The molecule has 8 nitrogen and oxygen atoms in total. The molecule has 0 unspecified atom stereocenters. The monoisotopic (exact) mass is 407 g/mol. The molecule has 1 fully saturated rings. The molecule has 2 N–H and O–H groups in total. The zero-order valence-corrected chi connectivity index (χ0v) is 17.0. The number of nitrogens with one attached hydrogen (secondary N) is 1. The van der Waals surface area contributed by atoms with Crippen LogP contribution in [0.4, 0.5) is 0 Å². The molecular weight excluding hydrogens is 382 g/mol. The highest BCUT2D eigenvalue weighted by molar-refractivity contribution is 5.92. The zero-order chi connectivity index (χ0) is 20.9. The fourth-order valence-electron chi connectivity index (χ4n) is 5.37. The molecule has 1 saturated carbocycles. The average molecular weight is 407 g/mol. The molecule has 2 aliphatic rings. The van der Waals surface area contributed by atoms with E-state index in [1.165, 1.54) is 29.9 Å². The van der Waals surface area contributed by atoms with Crippen LogP contribution in [0.3, 0.4) is 0 Å². The van der Waals surface area contributed by atoms with Gasteiger partial charge in [0.2, 0.25) is 0 Å². The minimum absolute atomic E-state index is 0.251. The van der Waals surface area contributed by atoms with Gasteiger partial charge in [-0.25, -0.2) is 4.98 Å². The van der Waals surface area contributed by atoms with Crippen LogP contribution in [0.25, 0.3) is 11.0 Å². The van der Waals surface area contributed by atoms with Gasteiger partial charge in [-0.2, -0.15) is 5.10 Å². The van der Waals surface area contributed by atoms with Crippen LogP contribution in [-0.4, -0.2) is 37.4 Å². The normalized spacial score (nSPS) is 17.4. The Hall–Kier alpha value is -3.16. The summed E-state index contributed by atoms with van der Waals surface area (Å²) >= 11 is 0. The first-order valence-corrected chi connectivity index (χ1v) is 10.5. The van der Waals surface area contributed by atoms with Crippen LogP contribution in [0.5, 0.6) is 5.75 Å². The molecule has 0 radical (unpaired) electrons. The van der Waals surface area contributed by atoms with Gasteiger partial charge in [0.25, 0.3) is 11.3 Å². The number of nitrogens with zero attached hydrogens (tertiary/aromatic N) is 4. The quantitative estimate of drug-likeness (QED) is 0.690. The highest BCUT2D eigenvalue weighted by Gasteiger charge is 2.41. The zero-order valence-electron chi connectivity index (χ0n) is 17.0. The maximum atomic E-state index is 12.2. The molecule has 0 bridgehead atoms. The number of amides is 1. The Kier molecular flexibility index (Phi) is 4.38. The Morgan fingerprint density at radius 2 is 2.07 bits per heavy atom. The fraction of sp³-hybridized carbons (Fsp3) is 0.455. The summed E-state index contributed by atoms with van der Waals surface area (Å²) < 4.78 is 3.97. The van der Waals surface area contributed by atoms with E-state index >= 15 is 0 Å². The molecule has 0 saturated heterocycles. The van der Waals surface area contributed by atoms with Crippen molar-refractivity contribution < 1.29 is 9.90 Å². The van der Waals surface area contributed by atoms with Crippen molar-refractivity contribution in [2.45, 2.75) is 57.0 Å². The van der Waals surface area contributed by atoms with E-state index in [9.17, 15) is 14.7 Å². The summed E-state index contributed by atoms with van der Waals surface area (Å²) in [6.45, 7) is 0.470. The van der Waals surface area contributed by atoms with Gasteiger partial charge in [-0.1, -0.05) is 12.8 Å². The molecular formula is C22H25N5O3. The van der Waals surface area contributed by atoms with Crippen molar-refractivity contribution in [2.75, 3.05) is 7.05 Å². The average Bonchev–Trinajstić information content (AvgIpc) is 3.46. The maximum Gasteiger partial charge on any atom is 0.275 e. The lowest BCUT2D eigenvalue weighted by molar-refractivity contribution is 0.0952. The van der Waals surface area contributed by atoms with Crippen LogP contribution in [-0.2, 0) is 24.9 Å². The van der Waals surface area contributed by atoms with Gasteiger partial charge in [0.05, 0.1) is 18.3 Å². The highest BCUT2D eigenvalue weighted by Crippen LogP contribution is 2.44. The first kappa shape index (κ1) is 18.8. The molecule has 0 aliphatic heterocycles. The van der Waals surface area contributed by atoms with E-state index in [-0.39, 0.29) is 11.2 Å². The summed E-state index contributed by atoms with van der Waals surface area (Å²) in [6, 6.07) is 4.14. The minimum atomic E-state index is -0.750. The first-order chi connectivity index (χ1) is 14.5. The third-order valence-electron chi connectivity index (χ3n) is 6.64.